The largest absolute Gasteiger partial charge is 0.474 e. The molecule has 0 radical (unpaired) electrons. The van der Waals surface area contributed by atoms with Gasteiger partial charge in [0, 0.05) is 63.8 Å². The van der Waals surface area contributed by atoms with Crippen LogP contribution >= 0.6 is 47.5 Å². The van der Waals surface area contributed by atoms with Crippen molar-refractivity contribution in [1.82, 2.24) is 0 Å². The number of hydrogen-bond acceptors (Lipinski definition) is 20. The maximum absolute atomic E-state index is 13.2. The fourth-order valence-electron chi connectivity index (χ4n) is 11.2. The number of unbranched alkanes of at least 4 members (excludes halogenated alkanes) is 43. The number of rotatable bonds is 79. The first kappa shape index (κ1) is 96.0. The molecule has 0 amide bonds. The summed E-state index contributed by atoms with van der Waals surface area (Å²) in [6.45, 7) is 0.202. The lowest BCUT2D eigenvalue weighted by Crippen LogP contribution is -2.29. The Hall–Kier alpha value is -2.04. The standard InChI is InChI=1S/C74H136Br2N2O18P2/c1-85-59-47-41-35-29-23-27-33-39-45-53-73(81)95-69(67-93-97(83,91-63-55-75)89-61-49-57-77)65-87-71(79)51-43-37-31-25-21-19-17-15-13-11-9-7-5-3-4-6-8-10-12-14-16-18-20-22-26-32-38-44-52-72(80)88-66-70(68-94-98(84,92-64-56-76)90-62-50-58-78)96-74(82)54-46-40-34-28-24-30-36-42-48-60-86-2/h69-70H,3-56,59-68H2,1-2H3/t69-,70-,97?,98?/m1/s1. The molecule has 20 nitrogen and oxygen atoms in total. The van der Waals surface area contributed by atoms with Gasteiger partial charge in [0.15, 0.2) is 12.2 Å². The van der Waals surface area contributed by atoms with E-state index in [1.807, 2.05) is 12.1 Å². The van der Waals surface area contributed by atoms with Crippen molar-refractivity contribution in [1.29, 1.82) is 10.5 Å². The summed E-state index contributed by atoms with van der Waals surface area (Å²) in [5.41, 5.74) is 0. The van der Waals surface area contributed by atoms with Gasteiger partial charge in [0.05, 0.1) is 64.6 Å². The molecule has 0 aliphatic rings. The number of nitriles is 2. The molecule has 2 unspecified atom stereocenters. The number of phosphoric acid groups is 2. The Labute approximate surface area is 611 Å². The average Bonchev–Trinajstić information content (AvgIpc) is 0.934. The third-order valence-corrected chi connectivity index (χ3v) is 20.4. The van der Waals surface area contributed by atoms with Crippen LogP contribution in [-0.4, -0.2) is 127 Å². The van der Waals surface area contributed by atoms with Crippen LogP contribution in [0.3, 0.4) is 0 Å². The zero-order valence-electron chi connectivity index (χ0n) is 61.3. The van der Waals surface area contributed by atoms with Crippen molar-refractivity contribution in [3.63, 3.8) is 0 Å². The maximum atomic E-state index is 13.2. The maximum Gasteiger partial charge on any atom is 0.474 e. The highest BCUT2D eigenvalue weighted by Crippen LogP contribution is 2.50. The van der Waals surface area contributed by atoms with Gasteiger partial charge in [-0.25, -0.2) is 9.13 Å². The molecule has 0 saturated carbocycles. The Morgan fingerprint density at radius 2 is 0.510 bits per heavy atom. The molecular formula is C74H136Br2N2O18P2. The van der Waals surface area contributed by atoms with Gasteiger partial charge < -0.3 is 28.4 Å². The number of carbonyl (C=O) groups excluding carboxylic acids is 4. The van der Waals surface area contributed by atoms with Crippen molar-refractivity contribution in [3.8, 4) is 12.1 Å². The summed E-state index contributed by atoms with van der Waals surface area (Å²) < 4.78 is 91.3. The molecule has 0 aromatic carbocycles. The van der Waals surface area contributed by atoms with Gasteiger partial charge in [-0.2, -0.15) is 10.5 Å². The summed E-state index contributed by atoms with van der Waals surface area (Å²) in [7, 11) is -4.66. The third-order valence-electron chi connectivity index (χ3n) is 16.8. The molecule has 4 atom stereocenters. The number of hydrogen-bond donors (Lipinski definition) is 0. The predicted octanol–water partition coefficient (Wildman–Crippen LogP) is 21.6. The summed E-state index contributed by atoms with van der Waals surface area (Å²) in [6, 6.07) is 3.86. The number of methoxy groups -OCH3 is 2. The first-order chi connectivity index (χ1) is 47.9. The van der Waals surface area contributed by atoms with Crippen molar-refractivity contribution >= 4 is 71.4 Å². The molecule has 0 saturated heterocycles. The minimum absolute atomic E-state index is 0.00648. The predicted molar refractivity (Wildman–Crippen MR) is 395 cm³/mol. The first-order valence-corrected chi connectivity index (χ1v) is 43.7. The Bertz CT molecular complexity index is 1880. The number of phosphoric ester groups is 2. The molecule has 0 N–H and O–H groups in total. The summed E-state index contributed by atoms with van der Waals surface area (Å²) in [4.78, 5) is 51.1. The van der Waals surface area contributed by atoms with Gasteiger partial charge in [-0.15, -0.1) is 0 Å². The van der Waals surface area contributed by atoms with Gasteiger partial charge in [0.25, 0.3) is 0 Å². The fourth-order valence-corrected chi connectivity index (χ4v) is 14.4. The quantitative estimate of drug-likeness (QED) is 0.0180. The molecule has 0 aromatic heterocycles. The third kappa shape index (κ3) is 68.4. The summed E-state index contributed by atoms with van der Waals surface area (Å²) in [5, 5.41) is 18.6. The minimum atomic E-state index is -4.06. The van der Waals surface area contributed by atoms with Crippen LogP contribution in [0.4, 0.5) is 0 Å². The van der Waals surface area contributed by atoms with E-state index in [0.29, 0.717) is 23.5 Å². The van der Waals surface area contributed by atoms with Gasteiger partial charge >= 0.3 is 39.5 Å². The Kier molecular flexibility index (Phi) is 73.1. The second-order valence-electron chi connectivity index (χ2n) is 25.9. The Morgan fingerprint density at radius 1 is 0.296 bits per heavy atom. The van der Waals surface area contributed by atoms with Gasteiger partial charge in [0.2, 0.25) is 0 Å². The van der Waals surface area contributed by atoms with E-state index in [9.17, 15) is 28.3 Å². The van der Waals surface area contributed by atoms with E-state index in [1.54, 1.807) is 14.2 Å². The van der Waals surface area contributed by atoms with Crippen molar-refractivity contribution < 1.29 is 83.9 Å². The highest BCUT2D eigenvalue weighted by Gasteiger charge is 2.31. The van der Waals surface area contributed by atoms with E-state index < -0.39 is 39.8 Å². The first-order valence-electron chi connectivity index (χ1n) is 38.5. The van der Waals surface area contributed by atoms with Gasteiger partial charge in [-0.1, -0.05) is 289 Å². The van der Waals surface area contributed by atoms with Crippen LogP contribution in [-0.2, 0) is 83.9 Å². The zero-order valence-corrected chi connectivity index (χ0v) is 66.3. The number of nitrogens with zero attached hydrogens (tertiary/aromatic N) is 2. The molecule has 0 rings (SSSR count). The Morgan fingerprint density at radius 3 is 0.735 bits per heavy atom. The van der Waals surface area contributed by atoms with Crippen LogP contribution in [0, 0.1) is 22.7 Å². The number of alkyl halides is 2. The van der Waals surface area contributed by atoms with Crippen LogP contribution in [0.15, 0.2) is 0 Å². The number of esters is 4. The van der Waals surface area contributed by atoms with Crippen LogP contribution in [0.1, 0.15) is 334 Å². The van der Waals surface area contributed by atoms with E-state index >= 15 is 0 Å². The topological polar surface area (TPSA) is 261 Å². The van der Waals surface area contributed by atoms with Crippen molar-refractivity contribution in [3.05, 3.63) is 0 Å². The molecule has 98 heavy (non-hydrogen) atoms. The van der Waals surface area contributed by atoms with Crippen LogP contribution in [0.25, 0.3) is 0 Å². The lowest BCUT2D eigenvalue weighted by atomic mass is 10.0. The molecular weight excluding hydrogens is 1430 g/mol. The zero-order chi connectivity index (χ0) is 71.6. The van der Waals surface area contributed by atoms with Crippen LogP contribution in [0.5, 0.6) is 0 Å². The molecule has 0 bridgehead atoms. The highest BCUT2D eigenvalue weighted by molar-refractivity contribution is 9.09. The van der Waals surface area contributed by atoms with Crippen LogP contribution in [0.2, 0.25) is 0 Å². The summed E-state index contributed by atoms with van der Waals surface area (Å²) >= 11 is 6.46. The lowest BCUT2D eigenvalue weighted by Gasteiger charge is -2.22. The van der Waals surface area contributed by atoms with E-state index in [1.165, 1.54) is 180 Å². The van der Waals surface area contributed by atoms with Crippen molar-refractivity contribution in [2.45, 2.75) is 346 Å². The monoisotopic (exact) mass is 1560 g/mol. The van der Waals surface area contributed by atoms with Crippen molar-refractivity contribution in [2.24, 2.45) is 0 Å². The second-order valence-corrected chi connectivity index (χ2v) is 30.8. The average molecular weight is 1560 g/mol. The fraction of sp³-hybridized carbons (Fsp3) is 0.919. The molecule has 0 spiro atoms. The summed E-state index contributed by atoms with van der Waals surface area (Å²) in [5.74, 6) is -1.65. The van der Waals surface area contributed by atoms with E-state index in [-0.39, 0.29) is 103 Å². The van der Waals surface area contributed by atoms with E-state index in [0.717, 1.165) is 116 Å². The number of ether oxygens (including phenoxy) is 6. The number of halogens is 2. The molecule has 0 aliphatic heterocycles. The smallest absolute Gasteiger partial charge is 0.462 e. The molecule has 24 heteroatoms. The van der Waals surface area contributed by atoms with Crippen molar-refractivity contribution in [2.75, 3.05) is 90.9 Å². The highest BCUT2D eigenvalue weighted by atomic mass is 79.9. The summed E-state index contributed by atoms with van der Waals surface area (Å²) in [6.07, 6.45) is 52.2. The van der Waals surface area contributed by atoms with Crippen LogP contribution < -0.4 is 0 Å². The minimum Gasteiger partial charge on any atom is -0.462 e. The van der Waals surface area contributed by atoms with E-state index in [2.05, 4.69) is 31.9 Å². The second kappa shape index (κ2) is 74.7. The van der Waals surface area contributed by atoms with Gasteiger partial charge in [-0.05, 0) is 38.5 Å². The van der Waals surface area contributed by atoms with Gasteiger partial charge in [-0.3, -0.25) is 46.3 Å². The lowest BCUT2D eigenvalue weighted by molar-refractivity contribution is -0.161. The molecule has 0 aliphatic carbocycles. The SMILES string of the molecule is COCCCCCCCCCCCC(=O)O[C@H](COC(=O)CCCCCCCCCCCCCCCCCCCCCCCCCCCCCCC(=O)OC[C@H](COP(=O)(OCCBr)OCCC#N)OC(=O)CCCCCCCCCCCOC)COP(=O)(OCCBr)OCCC#N. The van der Waals surface area contributed by atoms with E-state index in [4.69, 9.17) is 66.1 Å². The molecule has 0 heterocycles. The molecule has 574 valence electrons. The molecule has 0 fully saturated rings. The normalized spacial score (nSPS) is 13.3. The number of carbonyl (C=O) groups is 4. The molecule has 0 aromatic rings. The van der Waals surface area contributed by atoms with Gasteiger partial charge in [0.1, 0.15) is 13.2 Å². The Balaban J connectivity index is 4.10.